The Morgan fingerprint density at radius 3 is 2.67 bits per heavy atom. The van der Waals surface area contributed by atoms with Crippen LogP contribution >= 0.6 is 11.3 Å². The molecule has 3 heterocycles. The van der Waals surface area contributed by atoms with Gasteiger partial charge in [0.05, 0.1) is 28.1 Å². The number of allylic oxidation sites excluding steroid dienone is 1. The monoisotopic (exact) mass is 464 g/mol. The lowest BCUT2D eigenvalue weighted by atomic mass is 9.96. The van der Waals surface area contributed by atoms with Crippen molar-refractivity contribution in [1.82, 2.24) is 4.57 Å². The highest BCUT2D eigenvalue weighted by molar-refractivity contribution is 7.07. The van der Waals surface area contributed by atoms with Crippen molar-refractivity contribution < 1.29 is 23.5 Å². The van der Waals surface area contributed by atoms with Crippen molar-refractivity contribution in [3.63, 3.8) is 0 Å². The quantitative estimate of drug-likeness (QED) is 0.316. The van der Waals surface area contributed by atoms with E-state index < -0.39 is 18.0 Å². The van der Waals surface area contributed by atoms with Crippen LogP contribution in [0.5, 0.6) is 5.75 Å². The van der Waals surface area contributed by atoms with Gasteiger partial charge in [0, 0.05) is 13.0 Å². The van der Waals surface area contributed by atoms with Crippen LogP contribution < -0.4 is 19.6 Å². The molecule has 8 nitrogen and oxygen atoms in total. The van der Waals surface area contributed by atoms with Gasteiger partial charge in [-0.05, 0) is 36.8 Å². The standard InChI is InChI=1S/C24H20N2O6S/c1-4-11-31-23(29)20-14(2)25-24-26(22(28)19(33-24)13-18-6-5-12-30-18)21(20)16-7-9-17(10-8-16)32-15(3)27/h4-10,12-13,21H,1,11H2,2-3H3/b19-13+/t21-/m0/s1. The van der Waals surface area contributed by atoms with Gasteiger partial charge in [-0.2, -0.15) is 0 Å². The van der Waals surface area contributed by atoms with Gasteiger partial charge < -0.3 is 13.9 Å². The second-order valence-corrected chi connectivity index (χ2v) is 8.16. The smallest absolute Gasteiger partial charge is 0.338 e. The Bertz CT molecular complexity index is 1430. The Hall–Kier alpha value is -3.98. The van der Waals surface area contributed by atoms with Crippen molar-refractivity contribution in [1.29, 1.82) is 0 Å². The predicted molar refractivity (Wildman–Crippen MR) is 121 cm³/mol. The summed E-state index contributed by atoms with van der Waals surface area (Å²) >= 11 is 1.20. The van der Waals surface area contributed by atoms with Gasteiger partial charge in [-0.3, -0.25) is 14.2 Å². The number of rotatable bonds is 6. The van der Waals surface area contributed by atoms with Gasteiger partial charge in [-0.25, -0.2) is 9.79 Å². The van der Waals surface area contributed by atoms with Crippen LogP contribution in [0.4, 0.5) is 0 Å². The molecule has 0 radical (unpaired) electrons. The third-order valence-electron chi connectivity index (χ3n) is 4.85. The molecular weight excluding hydrogens is 444 g/mol. The van der Waals surface area contributed by atoms with E-state index in [9.17, 15) is 14.4 Å². The average Bonchev–Trinajstić information content (AvgIpc) is 3.39. The molecule has 1 aliphatic rings. The number of benzene rings is 1. The third kappa shape index (κ3) is 4.49. The fraction of sp³-hybridized carbons (Fsp3) is 0.167. The number of aromatic nitrogens is 1. The van der Waals surface area contributed by atoms with E-state index in [1.165, 1.54) is 35.2 Å². The minimum absolute atomic E-state index is 0.0244. The van der Waals surface area contributed by atoms with E-state index in [1.54, 1.807) is 49.4 Å². The molecule has 0 N–H and O–H groups in total. The molecule has 3 aromatic rings. The number of fused-ring (bicyclic) bond motifs is 1. The molecule has 9 heteroatoms. The Kier molecular flexibility index (Phi) is 6.23. The van der Waals surface area contributed by atoms with Crippen LogP contribution in [0, 0.1) is 0 Å². The topological polar surface area (TPSA) is 100 Å². The first kappa shape index (κ1) is 22.2. The first-order chi connectivity index (χ1) is 15.9. The van der Waals surface area contributed by atoms with Crippen molar-refractivity contribution in [3.8, 4) is 5.75 Å². The molecule has 168 valence electrons. The van der Waals surface area contributed by atoms with Crippen LogP contribution in [-0.4, -0.2) is 23.1 Å². The molecule has 0 bridgehead atoms. The van der Waals surface area contributed by atoms with E-state index in [0.29, 0.717) is 32.1 Å². The lowest BCUT2D eigenvalue weighted by Gasteiger charge is -2.24. The zero-order valence-corrected chi connectivity index (χ0v) is 18.8. The summed E-state index contributed by atoms with van der Waals surface area (Å²) in [5.74, 6) is -0.152. The predicted octanol–water partition coefficient (Wildman–Crippen LogP) is 2.48. The van der Waals surface area contributed by atoms with E-state index in [0.717, 1.165) is 0 Å². The Labute approximate surface area is 192 Å². The Morgan fingerprint density at radius 2 is 2.03 bits per heavy atom. The second-order valence-electron chi connectivity index (χ2n) is 7.15. The number of ether oxygens (including phenoxy) is 2. The summed E-state index contributed by atoms with van der Waals surface area (Å²) in [5, 5.41) is 0. The summed E-state index contributed by atoms with van der Waals surface area (Å²) in [5.41, 5.74) is 1.01. The molecule has 0 amide bonds. The number of thiazole rings is 1. The molecule has 1 aliphatic heterocycles. The Morgan fingerprint density at radius 1 is 1.27 bits per heavy atom. The zero-order chi connectivity index (χ0) is 23.5. The molecule has 0 aliphatic carbocycles. The highest BCUT2D eigenvalue weighted by Crippen LogP contribution is 2.31. The lowest BCUT2D eigenvalue weighted by molar-refractivity contribution is -0.138. The van der Waals surface area contributed by atoms with Gasteiger partial charge in [0.15, 0.2) is 4.80 Å². The maximum absolute atomic E-state index is 13.4. The van der Waals surface area contributed by atoms with Crippen molar-refractivity contribution in [2.24, 2.45) is 4.99 Å². The van der Waals surface area contributed by atoms with Crippen LogP contribution in [0.2, 0.25) is 0 Å². The molecule has 0 saturated heterocycles. The summed E-state index contributed by atoms with van der Waals surface area (Å²) in [4.78, 5) is 42.6. The fourth-order valence-corrected chi connectivity index (χ4v) is 4.52. The number of hydrogen-bond donors (Lipinski definition) is 0. The van der Waals surface area contributed by atoms with Crippen LogP contribution in [-0.2, 0) is 14.3 Å². The van der Waals surface area contributed by atoms with Gasteiger partial charge in [0.2, 0.25) is 0 Å². The zero-order valence-electron chi connectivity index (χ0n) is 17.9. The van der Waals surface area contributed by atoms with Crippen molar-refractivity contribution in [2.45, 2.75) is 19.9 Å². The van der Waals surface area contributed by atoms with Gasteiger partial charge in [-0.15, -0.1) is 0 Å². The van der Waals surface area contributed by atoms with Gasteiger partial charge >= 0.3 is 11.9 Å². The van der Waals surface area contributed by atoms with E-state index in [-0.39, 0.29) is 17.7 Å². The molecule has 0 spiro atoms. The average molecular weight is 464 g/mol. The van der Waals surface area contributed by atoms with E-state index in [1.807, 2.05) is 0 Å². The molecular formula is C24H20N2O6S. The van der Waals surface area contributed by atoms with Crippen LogP contribution in [0.15, 0.2) is 80.8 Å². The van der Waals surface area contributed by atoms with E-state index in [4.69, 9.17) is 13.9 Å². The summed E-state index contributed by atoms with van der Waals surface area (Å²) in [6, 6.07) is 9.32. The first-order valence-corrected chi connectivity index (χ1v) is 10.8. The lowest BCUT2D eigenvalue weighted by Crippen LogP contribution is -2.39. The molecule has 2 aromatic heterocycles. The largest absolute Gasteiger partial charge is 0.465 e. The molecule has 0 fully saturated rings. The number of hydrogen-bond acceptors (Lipinski definition) is 8. The van der Waals surface area contributed by atoms with E-state index in [2.05, 4.69) is 11.6 Å². The minimum Gasteiger partial charge on any atom is -0.465 e. The molecule has 1 atom stereocenters. The van der Waals surface area contributed by atoms with Crippen LogP contribution in [0.1, 0.15) is 31.2 Å². The third-order valence-corrected chi connectivity index (χ3v) is 5.83. The number of esters is 2. The van der Waals surface area contributed by atoms with Gasteiger partial charge in [0.25, 0.3) is 5.56 Å². The molecule has 0 unspecified atom stereocenters. The summed E-state index contributed by atoms with van der Waals surface area (Å²) in [6.45, 7) is 6.61. The molecule has 1 aromatic carbocycles. The SMILES string of the molecule is C=CCOC(=O)C1=C(C)N=c2s/c(=C/c3ccco3)c(=O)n2[C@H]1c1ccc(OC(C)=O)cc1. The normalized spacial score (nSPS) is 15.6. The number of nitrogens with zero attached hydrogens (tertiary/aromatic N) is 2. The highest BCUT2D eigenvalue weighted by Gasteiger charge is 2.33. The minimum atomic E-state index is -0.774. The number of carbonyl (C=O) groups is 2. The second kappa shape index (κ2) is 9.25. The summed E-state index contributed by atoms with van der Waals surface area (Å²) in [7, 11) is 0. The Balaban J connectivity index is 1.89. The van der Waals surface area contributed by atoms with Crippen LogP contribution in [0.25, 0.3) is 6.08 Å². The summed E-state index contributed by atoms with van der Waals surface area (Å²) in [6.07, 6.45) is 4.63. The first-order valence-electron chi connectivity index (χ1n) is 10.0. The van der Waals surface area contributed by atoms with Crippen molar-refractivity contribution in [3.05, 3.63) is 97.6 Å². The van der Waals surface area contributed by atoms with Gasteiger partial charge in [0.1, 0.15) is 18.1 Å². The fourth-order valence-electron chi connectivity index (χ4n) is 3.50. The van der Waals surface area contributed by atoms with Crippen molar-refractivity contribution >= 4 is 29.4 Å². The maximum Gasteiger partial charge on any atom is 0.338 e. The molecule has 33 heavy (non-hydrogen) atoms. The summed E-state index contributed by atoms with van der Waals surface area (Å²) < 4.78 is 17.6. The van der Waals surface area contributed by atoms with E-state index >= 15 is 0 Å². The highest BCUT2D eigenvalue weighted by atomic mass is 32.1. The van der Waals surface area contributed by atoms with Crippen LogP contribution in [0.3, 0.4) is 0 Å². The number of furan rings is 1. The molecule has 0 saturated carbocycles. The maximum atomic E-state index is 13.4. The number of carbonyl (C=O) groups excluding carboxylic acids is 2. The molecule has 4 rings (SSSR count). The van der Waals surface area contributed by atoms with Gasteiger partial charge in [-0.1, -0.05) is 36.1 Å². The van der Waals surface area contributed by atoms with Crippen molar-refractivity contribution in [2.75, 3.05) is 6.61 Å².